The Morgan fingerprint density at radius 1 is 0.864 bits per heavy atom. The molecule has 0 radical (unpaired) electrons. The number of rotatable bonds is 4. The van der Waals surface area contributed by atoms with Crippen LogP contribution in [0.3, 0.4) is 0 Å². The second-order valence-corrected chi connectivity index (χ2v) is 8.58. The molecule has 1 fully saturated rings. The Morgan fingerprint density at radius 2 is 1.23 bits per heavy atom. The fourth-order valence-electron chi connectivity index (χ4n) is 3.24. The van der Waals surface area contributed by atoms with Crippen LogP contribution in [-0.4, -0.2) is 22.3 Å². The highest BCUT2D eigenvalue weighted by Gasteiger charge is 2.42. The van der Waals surface area contributed by atoms with E-state index >= 15 is 0 Å². The highest BCUT2D eigenvalue weighted by Crippen LogP contribution is 2.36. The highest BCUT2D eigenvalue weighted by atomic mass is 16.2. The molecule has 1 heterocycles. The molecule has 1 saturated heterocycles. The predicted octanol–water partition coefficient (Wildman–Crippen LogP) is 4.50. The molecule has 2 unspecified atom stereocenters. The third kappa shape index (κ3) is 4.11. The van der Waals surface area contributed by atoms with Gasteiger partial charge in [0.15, 0.2) is 0 Å². The lowest BCUT2D eigenvalue weighted by molar-refractivity contribution is -0.156. The van der Waals surface area contributed by atoms with Crippen LogP contribution < -0.4 is 0 Å². The Labute approximate surface area is 136 Å². The molecular formula is C19H35NO2. The normalized spacial score (nSPS) is 25.1. The van der Waals surface area contributed by atoms with Gasteiger partial charge >= 0.3 is 0 Å². The van der Waals surface area contributed by atoms with Gasteiger partial charge in [0.2, 0.25) is 11.8 Å². The van der Waals surface area contributed by atoms with Gasteiger partial charge in [-0.25, -0.2) is 0 Å². The molecule has 128 valence electrons. The van der Waals surface area contributed by atoms with E-state index in [0.717, 1.165) is 6.42 Å². The average Bonchev–Trinajstić information content (AvgIpc) is 2.33. The SMILES string of the molecule is CC(C)C1CC(=O)N(C(C)(C)C(C)C)C(=O)CC(C(C)C)C1. The number of hydrogen-bond acceptors (Lipinski definition) is 2. The van der Waals surface area contributed by atoms with Gasteiger partial charge in [-0.15, -0.1) is 0 Å². The van der Waals surface area contributed by atoms with Gasteiger partial charge in [0.05, 0.1) is 0 Å². The topological polar surface area (TPSA) is 37.4 Å². The van der Waals surface area contributed by atoms with E-state index in [9.17, 15) is 9.59 Å². The number of carbonyl (C=O) groups is 2. The third-order valence-electron chi connectivity index (χ3n) is 5.85. The summed E-state index contributed by atoms with van der Waals surface area (Å²) in [6.07, 6.45) is 1.99. The molecule has 1 aliphatic rings. The monoisotopic (exact) mass is 309 g/mol. The van der Waals surface area contributed by atoms with E-state index in [1.54, 1.807) is 4.90 Å². The second kappa shape index (κ2) is 7.14. The zero-order chi connectivity index (χ0) is 17.2. The van der Waals surface area contributed by atoms with Crippen LogP contribution in [0.1, 0.15) is 74.7 Å². The molecule has 2 atom stereocenters. The quantitative estimate of drug-likeness (QED) is 0.717. The lowest BCUT2D eigenvalue weighted by Crippen LogP contribution is -2.55. The molecule has 0 bridgehead atoms. The molecule has 0 aromatic heterocycles. The molecule has 3 nitrogen and oxygen atoms in total. The highest BCUT2D eigenvalue weighted by molar-refractivity contribution is 5.96. The van der Waals surface area contributed by atoms with Gasteiger partial charge in [0, 0.05) is 18.4 Å². The first-order chi connectivity index (χ1) is 9.98. The minimum atomic E-state index is -0.422. The summed E-state index contributed by atoms with van der Waals surface area (Å²) >= 11 is 0. The van der Waals surface area contributed by atoms with Crippen LogP contribution >= 0.6 is 0 Å². The number of amides is 2. The van der Waals surface area contributed by atoms with E-state index in [4.69, 9.17) is 0 Å². The van der Waals surface area contributed by atoms with Crippen LogP contribution in [0.25, 0.3) is 0 Å². The van der Waals surface area contributed by atoms with Crippen LogP contribution in [0.4, 0.5) is 0 Å². The zero-order valence-electron chi connectivity index (χ0n) is 15.8. The summed E-state index contributed by atoms with van der Waals surface area (Å²) in [5, 5.41) is 0. The van der Waals surface area contributed by atoms with Crippen LogP contribution in [-0.2, 0) is 9.59 Å². The molecule has 0 spiro atoms. The Kier molecular flexibility index (Phi) is 6.23. The first-order valence-corrected chi connectivity index (χ1v) is 8.84. The van der Waals surface area contributed by atoms with Crippen LogP contribution in [0.2, 0.25) is 0 Å². The van der Waals surface area contributed by atoms with Crippen LogP contribution in [0.5, 0.6) is 0 Å². The first kappa shape index (κ1) is 19.2. The van der Waals surface area contributed by atoms with Crippen LogP contribution in [0, 0.1) is 29.6 Å². The molecule has 2 amide bonds. The molecule has 3 heteroatoms. The maximum atomic E-state index is 12.8. The van der Waals surface area contributed by atoms with E-state index in [1.165, 1.54) is 0 Å². The maximum absolute atomic E-state index is 12.8. The fraction of sp³-hybridized carbons (Fsp3) is 0.895. The molecule has 22 heavy (non-hydrogen) atoms. The number of nitrogens with zero attached hydrogens (tertiary/aromatic N) is 1. The van der Waals surface area contributed by atoms with Crippen molar-refractivity contribution in [3.63, 3.8) is 0 Å². The van der Waals surface area contributed by atoms with Gasteiger partial charge in [-0.2, -0.15) is 0 Å². The number of imide groups is 1. The Bertz CT molecular complexity index is 382. The van der Waals surface area contributed by atoms with Crippen molar-refractivity contribution < 1.29 is 9.59 Å². The molecule has 0 aromatic rings. The lowest BCUT2D eigenvalue weighted by atomic mass is 9.76. The third-order valence-corrected chi connectivity index (χ3v) is 5.85. The van der Waals surface area contributed by atoms with E-state index in [2.05, 4.69) is 41.5 Å². The lowest BCUT2D eigenvalue weighted by Gasteiger charge is -2.43. The molecule has 0 aliphatic carbocycles. The smallest absolute Gasteiger partial charge is 0.229 e. The summed E-state index contributed by atoms with van der Waals surface area (Å²) in [4.78, 5) is 27.2. The largest absolute Gasteiger partial charge is 0.277 e. The molecule has 0 N–H and O–H groups in total. The second-order valence-electron chi connectivity index (χ2n) is 8.58. The van der Waals surface area contributed by atoms with Gasteiger partial charge in [0.25, 0.3) is 0 Å². The van der Waals surface area contributed by atoms with Crippen molar-refractivity contribution in [2.75, 3.05) is 0 Å². The van der Waals surface area contributed by atoms with Gasteiger partial charge < -0.3 is 0 Å². The average molecular weight is 309 g/mol. The van der Waals surface area contributed by atoms with Gasteiger partial charge in [-0.05, 0) is 49.9 Å². The minimum absolute atomic E-state index is 0.0182. The van der Waals surface area contributed by atoms with Crippen molar-refractivity contribution in [2.24, 2.45) is 29.6 Å². The number of likely N-dealkylation sites (tertiary alicyclic amines) is 1. The van der Waals surface area contributed by atoms with Crippen molar-refractivity contribution in [2.45, 2.75) is 80.2 Å². The van der Waals surface area contributed by atoms with Gasteiger partial charge in [-0.3, -0.25) is 14.5 Å². The van der Waals surface area contributed by atoms with Crippen LogP contribution in [0.15, 0.2) is 0 Å². The fourth-order valence-corrected chi connectivity index (χ4v) is 3.24. The summed E-state index contributed by atoms with van der Waals surface area (Å²) in [7, 11) is 0. The Hall–Kier alpha value is -0.860. The number of hydrogen-bond donors (Lipinski definition) is 0. The summed E-state index contributed by atoms with van der Waals surface area (Å²) in [5.74, 6) is 1.98. The predicted molar refractivity (Wildman–Crippen MR) is 91.3 cm³/mol. The van der Waals surface area contributed by atoms with E-state index < -0.39 is 5.54 Å². The molecular weight excluding hydrogens is 274 g/mol. The van der Waals surface area contributed by atoms with Crippen molar-refractivity contribution in [1.29, 1.82) is 0 Å². The Balaban J connectivity index is 3.17. The van der Waals surface area contributed by atoms with Crippen molar-refractivity contribution >= 4 is 11.8 Å². The van der Waals surface area contributed by atoms with Crippen molar-refractivity contribution in [3.05, 3.63) is 0 Å². The van der Waals surface area contributed by atoms with Gasteiger partial charge in [0.1, 0.15) is 0 Å². The van der Waals surface area contributed by atoms with Crippen molar-refractivity contribution in [3.8, 4) is 0 Å². The standard InChI is InChI=1S/C19H35NO2/c1-12(2)15-9-16(13(3)4)11-18(22)20(17(21)10-15)19(7,8)14(5)6/h12-16H,9-11H2,1-8H3. The molecule has 0 aromatic carbocycles. The van der Waals surface area contributed by atoms with Crippen molar-refractivity contribution in [1.82, 2.24) is 4.90 Å². The minimum Gasteiger partial charge on any atom is -0.277 e. The molecule has 1 aliphatic heterocycles. The number of carbonyl (C=O) groups excluding carboxylic acids is 2. The Morgan fingerprint density at radius 3 is 1.50 bits per heavy atom. The summed E-state index contributed by atoms with van der Waals surface area (Å²) in [5.41, 5.74) is -0.422. The van der Waals surface area contributed by atoms with E-state index in [0.29, 0.717) is 36.5 Å². The maximum Gasteiger partial charge on any atom is 0.229 e. The van der Waals surface area contributed by atoms with E-state index in [1.807, 2.05) is 13.8 Å². The first-order valence-electron chi connectivity index (χ1n) is 8.84. The zero-order valence-corrected chi connectivity index (χ0v) is 15.8. The summed E-state index contributed by atoms with van der Waals surface area (Å²) in [6, 6.07) is 0. The summed E-state index contributed by atoms with van der Waals surface area (Å²) < 4.78 is 0. The van der Waals surface area contributed by atoms with Gasteiger partial charge in [-0.1, -0.05) is 41.5 Å². The summed E-state index contributed by atoms with van der Waals surface area (Å²) in [6.45, 7) is 17.0. The molecule has 0 saturated carbocycles. The van der Waals surface area contributed by atoms with E-state index in [-0.39, 0.29) is 17.7 Å². The molecule has 1 rings (SSSR count).